The molecule has 0 bridgehead atoms. The van der Waals surface area contributed by atoms with Gasteiger partial charge in [-0.3, -0.25) is 9.59 Å². The smallest absolute Gasteiger partial charge is 0.227 e. The van der Waals surface area contributed by atoms with Crippen LogP contribution in [0.25, 0.3) is 0 Å². The largest absolute Gasteiger partial charge is 0.339 e. The molecule has 0 radical (unpaired) electrons. The zero-order valence-electron chi connectivity index (χ0n) is 15.6. The lowest BCUT2D eigenvalue weighted by Gasteiger charge is -2.35. The Morgan fingerprint density at radius 1 is 0.893 bits per heavy atom. The quantitative estimate of drug-likeness (QED) is 0.831. The van der Waals surface area contributed by atoms with E-state index in [1.165, 1.54) is 6.07 Å². The Bertz CT molecular complexity index is 795. The first-order valence-corrected chi connectivity index (χ1v) is 9.14. The average molecular weight is 406 g/mol. The molecule has 0 aliphatic carbocycles. The number of nitrogens with two attached hydrogens (primary N) is 1. The van der Waals surface area contributed by atoms with Crippen molar-refractivity contribution in [3.63, 3.8) is 0 Å². The van der Waals surface area contributed by atoms with Crippen molar-refractivity contribution in [3.05, 3.63) is 71.5 Å². The van der Waals surface area contributed by atoms with E-state index in [0.717, 1.165) is 5.56 Å². The van der Waals surface area contributed by atoms with Gasteiger partial charge in [-0.15, -0.1) is 12.4 Å². The average Bonchev–Trinajstić information content (AvgIpc) is 2.70. The third-order valence-corrected chi connectivity index (χ3v) is 4.91. The van der Waals surface area contributed by atoms with Gasteiger partial charge in [-0.05, 0) is 17.2 Å². The maximum absolute atomic E-state index is 13.7. The van der Waals surface area contributed by atoms with Crippen LogP contribution in [0.5, 0.6) is 0 Å². The van der Waals surface area contributed by atoms with Gasteiger partial charge in [0, 0.05) is 38.6 Å². The van der Waals surface area contributed by atoms with Crippen LogP contribution in [-0.4, -0.2) is 47.8 Å². The minimum Gasteiger partial charge on any atom is -0.339 e. The Morgan fingerprint density at radius 3 is 2.04 bits per heavy atom. The molecule has 0 spiro atoms. The van der Waals surface area contributed by atoms with Gasteiger partial charge in [-0.25, -0.2) is 4.39 Å². The van der Waals surface area contributed by atoms with Crippen LogP contribution >= 0.6 is 12.4 Å². The van der Waals surface area contributed by atoms with Gasteiger partial charge in [0.1, 0.15) is 5.82 Å². The van der Waals surface area contributed by atoms with Crippen molar-refractivity contribution in [2.45, 2.75) is 18.9 Å². The Balaban J connectivity index is 0.00000280. The zero-order chi connectivity index (χ0) is 19.2. The minimum atomic E-state index is -0.366. The number of hydrogen-bond acceptors (Lipinski definition) is 3. The van der Waals surface area contributed by atoms with Crippen molar-refractivity contribution >= 4 is 24.2 Å². The number of carbonyl (C=O) groups is 2. The van der Waals surface area contributed by atoms with Crippen LogP contribution in [0.3, 0.4) is 0 Å². The van der Waals surface area contributed by atoms with Gasteiger partial charge in [-0.1, -0.05) is 48.5 Å². The van der Waals surface area contributed by atoms with Crippen LogP contribution in [0.1, 0.15) is 23.6 Å². The van der Waals surface area contributed by atoms with E-state index in [1.807, 2.05) is 30.3 Å². The molecule has 1 aliphatic heterocycles. The van der Waals surface area contributed by atoms with E-state index in [-0.39, 0.29) is 48.9 Å². The fraction of sp³-hybridized carbons (Fsp3) is 0.333. The highest BCUT2D eigenvalue weighted by molar-refractivity contribution is 5.85. The van der Waals surface area contributed by atoms with E-state index >= 15 is 0 Å². The summed E-state index contributed by atoms with van der Waals surface area (Å²) in [5, 5.41) is 0. The molecule has 3 rings (SSSR count). The molecule has 1 atom stereocenters. The Labute approximate surface area is 170 Å². The first-order valence-electron chi connectivity index (χ1n) is 9.14. The number of carbonyl (C=O) groups excluding carboxylic acids is 2. The van der Waals surface area contributed by atoms with Crippen LogP contribution < -0.4 is 5.73 Å². The van der Waals surface area contributed by atoms with E-state index in [0.29, 0.717) is 31.7 Å². The molecule has 2 aromatic carbocycles. The first-order chi connectivity index (χ1) is 13.0. The van der Waals surface area contributed by atoms with Crippen molar-refractivity contribution in [1.82, 2.24) is 9.80 Å². The first kappa shape index (κ1) is 21.9. The molecule has 1 fully saturated rings. The van der Waals surface area contributed by atoms with Crippen LogP contribution in [0.4, 0.5) is 4.39 Å². The highest BCUT2D eigenvalue weighted by atomic mass is 35.5. The van der Waals surface area contributed by atoms with Crippen molar-refractivity contribution in [2.75, 3.05) is 26.2 Å². The summed E-state index contributed by atoms with van der Waals surface area (Å²) in [4.78, 5) is 28.3. The van der Waals surface area contributed by atoms with E-state index in [4.69, 9.17) is 5.73 Å². The lowest BCUT2D eigenvalue weighted by atomic mass is 10.0. The Hall–Kier alpha value is -2.44. The highest BCUT2D eigenvalue weighted by Gasteiger charge is 2.25. The van der Waals surface area contributed by atoms with Crippen LogP contribution in [0.15, 0.2) is 54.6 Å². The van der Waals surface area contributed by atoms with Gasteiger partial charge in [0.25, 0.3) is 0 Å². The van der Waals surface area contributed by atoms with Gasteiger partial charge in [0.2, 0.25) is 11.8 Å². The summed E-state index contributed by atoms with van der Waals surface area (Å²) in [6, 6.07) is 15.5. The zero-order valence-corrected chi connectivity index (χ0v) is 16.4. The number of amides is 2. The number of hydrogen-bond donors (Lipinski definition) is 1. The van der Waals surface area contributed by atoms with Crippen LogP contribution in [-0.2, 0) is 16.0 Å². The molecule has 1 unspecified atom stereocenters. The summed E-state index contributed by atoms with van der Waals surface area (Å²) >= 11 is 0. The number of piperazine rings is 1. The molecule has 0 aromatic heterocycles. The monoisotopic (exact) mass is 405 g/mol. The van der Waals surface area contributed by atoms with Gasteiger partial charge in [0.15, 0.2) is 0 Å². The second-order valence-corrected chi connectivity index (χ2v) is 6.75. The predicted octanol–water partition coefficient (Wildman–Crippen LogP) is 2.55. The number of nitrogens with zero attached hydrogens (tertiary/aromatic N) is 2. The van der Waals surface area contributed by atoms with E-state index in [9.17, 15) is 14.0 Å². The molecular formula is C21H25ClFN3O2. The fourth-order valence-electron chi connectivity index (χ4n) is 3.26. The molecular weight excluding hydrogens is 381 g/mol. The third kappa shape index (κ3) is 5.53. The minimum absolute atomic E-state index is 0. The summed E-state index contributed by atoms with van der Waals surface area (Å²) in [6.07, 6.45) is 0.284. The molecule has 1 heterocycles. The van der Waals surface area contributed by atoms with Gasteiger partial charge in [-0.2, -0.15) is 0 Å². The molecule has 150 valence electrons. The molecule has 2 aromatic rings. The van der Waals surface area contributed by atoms with Crippen LogP contribution in [0.2, 0.25) is 0 Å². The van der Waals surface area contributed by atoms with E-state index in [2.05, 4.69) is 0 Å². The molecule has 28 heavy (non-hydrogen) atoms. The van der Waals surface area contributed by atoms with E-state index < -0.39 is 0 Å². The van der Waals surface area contributed by atoms with Crippen LogP contribution in [0, 0.1) is 5.82 Å². The molecule has 5 nitrogen and oxygen atoms in total. The van der Waals surface area contributed by atoms with Crippen molar-refractivity contribution in [3.8, 4) is 0 Å². The predicted molar refractivity (Wildman–Crippen MR) is 108 cm³/mol. The number of benzene rings is 2. The van der Waals surface area contributed by atoms with E-state index in [1.54, 1.807) is 28.0 Å². The Morgan fingerprint density at radius 2 is 1.43 bits per heavy atom. The second kappa shape index (κ2) is 10.2. The van der Waals surface area contributed by atoms with Crippen molar-refractivity contribution < 1.29 is 14.0 Å². The fourth-order valence-corrected chi connectivity index (χ4v) is 3.26. The number of halogens is 2. The highest BCUT2D eigenvalue weighted by Crippen LogP contribution is 2.16. The topological polar surface area (TPSA) is 66.6 Å². The molecule has 7 heteroatoms. The second-order valence-electron chi connectivity index (χ2n) is 6.75. The maximum Gasteiger partial charge on any atom is 0.227 e. The summed E-state index contributed by atoms with van der Waals surface area (Å²) in [5.41, 5.74) is 7.46. The summed E-state index contributed by atoms with van der Waals surface area (Å²) in [5.74, 6) is -0.490. The molecule has 0 saturated carbocycles. The lowest BCUT2D eigenvalue weighted by Crippen LogP contribution is -2.51. The SMILES string of the molecule is Cl.NC(CC(=O)N1CCN(C(=O)Cc2ccccc2F)CC1)c1ccccc1. The number of rotatable bonds is 5. The van der Waals surface area contributed by atoms with Crippen molar-refractivity contribution in [1.29, 1.82) is 0 Å². The summed E-state index contributed by atoms with van der Waals surface area (Å²) in [7, 11) is 0. The summed E-state index contributed by atoms with van der Waals surface area (Å²) in [6.45, 7) is 1.87. The molecule has 1 aliphatic rings. The Kier molecular flexibility index (Phi) is 7.96. The third-order valence-electron chi connectivity index (χ3n) is 4.91. The van der Waals surface area contributed by atoms with Gasteiger partial charge in [0.05, 0.1) is 6.42 Å². The van der Waals surface area contributed by atoms with Crippen molar-refractivity contribution in [2.24, 2.45) is 5.73 Å². The molecule has 2 N–H and O–H groups in total. The lowest BCUT2D eigenvalue weighted by molar-refractivity contribution is -0.139. The normalized spacial score (nSPS) is 14.9. The standard InChI is InChI=1S/C21H24FN3O2.ClH/c22-18-9-5-4-8-17(18)14-20(26)24-10-12-25(13-11-24)21(27)15-19(23)16-6-2-1-3-7-16;/h1-9,19H,10-15,23H2;1H. The molecule has 2 amide bonds. The molecule has 1 saturated heterocycles. The summed E-state index contributed by atoms with van der Waals surface area (Å²) < 4.78 is 13.7. The van der Waals surface area contributed by atoms with Gasteiger partial charge < -0.3 is 15.5 Å². The maximum atomic E-state index is 13.7. The van der Waals surface area contributed by atoms with Gasteiger partial charge >= 0.3 is 0 Å².